The summed E-state index contributed by atoms with van der Waals surface area (Å²) < 4.78 is 16.2. The largest absolute Gasteiger partial charge is 0.472 e. The van der Waals surface area contributed by atoms with Crippen LogP contribution in [0.5, 0.6) is 5.88 Å². The standard InChI is InChI=1S/C14H18N2O4/c17-14(16-4-7-18-8-5-16)11-1-2-13(15-9-11)20-12-3-6-19-10-12/h1-2,9,12H,3-8,10H2. The fourth-order valence-electron chi connectivity index (χ4n) is 2.30. The molecule has 0 radical (unpaired) electrons. The van der Waals surface area contributed by atoms with Crippen LogP contribution in [0.15, 0.2) is 18.3 Å². The van der Waals surface area contributed by atoms with Crippen LogP contribution in [0.2, 0.25) is 0 Å². The molecule has 2 fully saturated rings. The second-order valence-corrected chi connectivity index (χ2v) is 4.89. The minimum atomic E-state index is -0.00319. The van der Waals surface area contributed by atoms with Crippen LogP contribution in [0.4, 0.5) is 0 Å². The Bertz CT molecular complexity index is 451. The average Bonchev–Trinajstić information content (AvgIpc) is 3.01. The first-order chi connectivity index (χ1) is 9.83. The SMILES string of the molecule is O=C(c1ccc(OC2CCOC2)nc1)N1CCOCC1. The summed E-state index contributed by atoms with van der Waals surface area (Å²) in [6, 6.07) is 3.50. The van der Waals surface area contributed by atoms with Crippen LogP contribution in [-0.2, 0) is 9.47 Å². The molecule has 1 amide bonds. The van der Waals surface area contributed by atoms with E-state index in [9.17, 15) is 4.79 Å². The van der Waals surface area contributed by atoms with Gasteiger partial charge in [-0.2, -0.15) is 0 Å². The summed E-state index contributed by atoms with van der Waals surface area (Å²) in [4.78, 5) is 18.2. The molecule has 0 aliphatic carbocycles. The molecule has 0 N–H and O–H groups in total. The molecule has 0 aromatic carbocycles. The summed E-state index contributed by atoms with van der Waals surface area (Å²) in [7, 11) is 0. The van der Waals surface area contributed by atoms with Crippen molar-refractivity contribution in [1.82, 2.24) is 9.88 Å². The van der Waals surface area contributed by atoms with E-state index >= 15 is 0 Å². The molecule has 3 rings (SSSR count). The van der Waals surface area contributed by atoms with E-state index in [4.69, 9.17) is 14.2 Å². The summed E-state index contributed by atoms with van der Waals surface area (Å²) in [5.41, 5.74) is 0.585. The third kappa shape index (κ3) is 3.08. The summed E-state index contributed by atoms with van der Waals surface area (Å²) in [6.07, 6.45) is 2.53. The minimum Gasteiger partial charge on any atom is -0.472 e. The fraction of sp³-hybridized carbons (Fsp3) is 0.571. The Balaban J connectivity index is 1.61. The van der Waals surface area contributed by atoms with E-state index in [1.54, 1.807) is 23.2 Å². The maximum atomic E-state index is 12.2. The van der Waals surface area contributed by atoms with Crippen molar-refractivity contribution < 1.29 is 19.0 Å². The molecule has 2 aliphatic rings. The number of nitrogens with zero attached hydrogens (tertiary/aromatic N) is 2. The van der Waals surface area contributed by atoms with Crippen molar-refractivity contribution in [3.8, 4) is 5.88 Å². The molecule has 108 valence electrons. The van der Waals surface area contributed by atoms with Crippen LogP contribution < -0.4 is 4.74 Å². The Kier molecular flexibility index (Phi) is 4.13. The molecule has 6 heteroatoms. The normalized spacial score (nSPS) is 22.8. The molecule has 6 nitrogen and oxygen atoms in total. The van der Waals surface area contributed by atoms with Crippen molar-refractivity contribution in [1.29, 1.82) is 0 Å². The zero-order valence-corrected chi connectivity index (χ0v) is 11.3. The smallest absolute Gasteiger partial charge is 0.255 e. The van der Waals surface area contributed by atoms with Crippen LogP contribution in [0.3, 0.4) is 0 Å². The third-order valence-corrected chi connectivity index (χ3v) is 3.46. The molecular formula is C14H18N2O4. The van der Waals surface area contributed by atoms with Gasteiger partial charge in [0.05, 0.1) is 32.0 Å². The van der Waals surface area contributed by atoms with Gasteiger partial charge in [-0.3, -0.25) is 4.79 Å². The highest BCUT2D eigenvalue weighted by Gasteiger charge is 2.20. The van der Waals surface area contributed by atoms with Crippen LogP contribution in [0.25, 0.3) is 0 Å². The van der Waals surface area contributed by atoms with Gasteiger partial charge in [-0.25, -0.2) is 4.98 Å². The lowest BCUT2D eigenvalue weighted by Gasteiger charge is -2.26. The van der Waals surface area contributed by atoms with Gasteiger partial charge in [0.1, 0.15) is 6.10 Å². The minimum absolute atomic E-state index is 0.00319. The lowest BCUT2D eigenvalue weighted by atomic mass is 10.2. The van der Waals surface area contributed by atoms with Gasteiger partial charge in [0.15, 0.2) is 0 Å². The summed E-state index contributed by atoms with van der Waals surface area (Å²) in [5.74, 6) is 0.538. The van der Waals surface area contributed by atoms with E-state index in [-0.39, 0.29) is 12.0 Å². The van der Waals surface area contributed by atoms with E-state index < -0.39 is 0 Å². The van der Waals surface area contributed by atoms with Gasteiger partial charge in [-0.15, -0.1) is 0 Å². The number of hydrogen-bond donors (Lipinski definition) is 0. The maximum Gasteiger partial charge on any atom is 0.255 e. The Labute approximate surface area is 117 Å². The average molecular weight is 278 g/mol. The number of ether oxygens (including phenoxy) is 3. The predicted molar refractivity (Wildman–Crippen MR) is 70.8 cm³/mol. The van der Waals surface area contributed by atoms with Crippen LogP contribution in [0, 0.1) is 0 Å². The Morgan fingerprint density at radius 1 is 1.25 bits per heavy atom. The van der Waals surface area contributed by atoms with E-state index in [1.165, 1.54) is 0 Å². The number of carbonyl (C=O) groups excluding carboxylic acids is 1. The summed E-state index contributed by atoms with van der Waals surface area (Å²) in [6.45, 7) is 3.81. The van der Waals surface area contributed by atoms with Gasteiger partial charge < -0.3 is 19.1 Å². The molecule has 2 aliphatic heterocycles. The topological polar surface area (TPSA) is 60.9 Å². The number of pyridine rings is 1. The molecule has 20 heavy (non-hydrogen) atoms. The monoisotopic (exact) mass is 278 g/mol. The number of aromatic nitrogens is 1. The van der Waals surface area contributed by atoms with Gasteiger partial charge in [-0.1, -0.05) is 0 Å². The van der Waals surface area contributed by atoms with Gasteiger partial charge in [0, 0.05) is 31.8 Å². The van der Waals surface area contributed by atoms with E-state index in [0.717, 1.165) is 13.0 Å². The van der Waals surface area contributed by atoms with Crippen LogP contribution in [-0.4, -0.2) is 61.4 Å². The highest BCUT2D eigenvalue weighted by atomic mass is 16.5. The highest BCUT2D eigenvalue weighted by Crippen LogP contribution is 2.15. The van der Waals surface area contributed by atoms with Gasteiger partial charge in [0.2, 0.25) is 5.88 Å². The van der Waals surface area contributed by atoms with Gasteiger partial charge in [-0.05, 0) is 6.07 Å². The first-order valence-corrected chi connectivity index (χ1v) is 6.90. The number of hydrogen-bond acceptors (Lipinski definition) is 5. The lowest BCUT2D eigenvalue weighted by Crippen LogP contribution is -2.40. The van der Waals surface area contributed by atoms with E-state index in [1.807, 2.05) is 0 Å². The molecule has 1 unspecified atom stereocenters. The molecular weight excluding hydrogens is 260 g/mol. The van der Waals surface area contributed by atoms with Crippen molar-refractivity contribution >= 4 is 5.91 Å². The van der Waals surface area contributed by atoms with Crippen molar-refractivity contribution in [2.75, 3.05) is 39.5 Å². The number of amides is 1. The summed E-state index contributed by atoms with van der Waals surface area (Å²) >= 11 is 0. The van der Waals surface area contributed by atoms with E-state index in [2.05, 4.69) is 4.98 Å². The molecule has 0 bridgehead atoms. The van der Waals surface area contributed by atoms with Crippen LogP contribution in [0.1, 0.15) is 16.8 Å². The summed E-state index contributed by atoms with van der Waals surface area (Å²) in [5, 5.41) is 0. The number of rotatable bonds is 3. The quantitative estimate of drug-likeness (QED) is 0.815. The van der Waals surface area contributed by atoms with Crippen molar-refractivity contribution in [3.63, 3.8) is 0 Å². The van der Waals surface area contributed by atoms with Crippen molar-refractivity contribution in [3.05, 3.63) is 23.9 Å². The van der Waals surface area contributed by atoms with Crippen molar-refractivity contribution in [2.45, 2.75) is 12.5 Å². The second-order valence-electron chi connectivity index (χ2n) is 4.89. The molecule has 1 aromatic rings. The molecule has 0 spiro atoms. The van der Waals surface area contributed by atoms with Crippen molar-refractivity contribution in [2.24, 2.45) is 0 Å². The second kappa shape index (κ2) is 6.19. The van der Waals surface area contributed by atoms with Gasteiger partial charge in [0.25, 0.3) is 5.91 Å². The highest BCUT2D eigenvalue weighted by molar-refractivity contribution is 5.94. The Hall–Kier alpha value is -1.66. The Morgan fingerprint density at radius 2 is 2.10 bits per heavy atom. The predicted octanol–water partition coefficient (Wildman–Crippen LogP) is 0.722. The lowest BCUT2D eigenvalue weighted by molar-refractivity contribution is 0.0302. The maximum absolute atomic E-state index is 12.2. The number of morpholine rings is 1. The van der Waals surface area contributed by atoms with E-state index in [0.29, 0.717) is 44.4 Å². The van der Waals surface area contributed by atoms with Crippen LogP contribution >= 0.6 is 0 Å². The zero-order valence-electron chi connectivity index (χ0n) is 11.3. The Morgan fingerprint density at radius 3 is 2.75 bits per heavy atom. The molecule has 3 heterocycles. The van der Waals surface area contributed by atoms with Gasteiger partial charge >= 0.3 is 0 Å². The first-order valence-electron chi connectivity index (χ1n) is 6.90. The fourth-order valence-corrected chi connectivity index (χ4v) is 2.30. The molecule has 1 atom stereocenters. The third-order valence-electron chi connectivity index (χ3n) is 3.46. The first kappa shape index (κ1) is 13.3. The number of carbonyl (C=O) groups is 1. The molecule has 0 saturated carbocycles. The molecule has 2 saturated heterocycles. The molecule has 1 aromatic heterocycles. The zero-order chi connectivity index (χ0) is 13.8.